The van der Waals surface area contributed by atoms with Crippen LogP contribution in [0.2, 0.25) is 0 Å². The molecule has 0 N–H and O–H groups in total. The zero-order chi connectivity index (χ0) is 25.4. The van der Waals surface area contributed by atoms with Crippen molar-refractivity contribution in [1.82, 2.24) is 14.9 Å². The van der Waals surface area contributed by atoms with E-state index < -0.39 is 0 Å². The number of hydrogen-bond acceptors (Lipinski definition) is 6. The molecule has 1 atom stereocenters. The molecule has 6 rings (SSSR count). The minimum Gasteiger partial charge on any atom is -0.496 e. The molecule has 3 heterocycles. The third-order valence-electron chi connectivity index (χ3n) is 7.59. The predicted molar refractivity (Wildman–Crippen MR) is 149 cm³/mol. The van der Waals surface area contributed by atoms with Crippen LogP contribution >= 0.6 is 11.3 Å². The van der Waals surface area contributed by atoms with E-state index in [1.807, 2.05) is 46.6 Å². The lowest BCUT2D eigenvalue weighted by atomic mass is 9.89. The number of nitrogens with zero attached hydrogens (tertiary/aromatic N) is 4. The standard InChI is InChI=1S/C30H32N4O2S/c1-20-12-13-23-25(18-20)37-29-27(23)28(31-26(32-29)19-21-8-4-3-5-9-21)33-14-16-34(17-15-33)30(35)22-10-6-7-11-24(22)36-2/h3-11,20H,12-19H2,1-2H3. The predicted octanol–water partition coefficient (Wildman–Crippen LogP) is 5.38. The smallest absolute Gasteiger partial charge is 0.257 e. The second kappa shape index (κ2) is 10.1. The molecule has 0 spiro atoms. The summed E-state index contributed by atoms with van der Waals surface area (Å²) in [6.07, 6.45) is 4.16. The van der Waals surface area contributed by atoms with Crippen molar-refractivity contribution in [3.63, 3.8) is 0 Å². The summed E-state index contributed by atoms with van der Waals surface area (Å²) in [5.41, 5.74) is 3.29. The molecule has 1 amide bonds. The number of amides is 1. The number of anilines is 1. The van der Waals surface area contributed by atoms with Gasteiger partial charge in [0.2, 0.25) is 0 Å². The molecular formula is C30H32N4O2S. The Labute approximate surface area is 221 Å². The van der Waals surface area contributed by atoms with Crippen LogP contribution in [0.5, 0.6) is 5.75 Å². The van der Waals surface area contributed by atoms with E-state index in [0.717, 1.165) is 48.8 Å². The van der Waals surface area contributed by atoms with Gasteiger partial charge in [-0.15, -0.1) is 11.3 Å². The van der Waals surface area contributed by atoms with Gasteiger partial charge in [-0.25, -0.2) is 9.97 Å². The number of piperazine rings is 1. The minimum absolute atomic E-state index is 0.0246. The maximum Gasteiger partial charge on any atom is 0.257 e. The van der Waals surface area contributed by atoms with Gasteiger partial charge in [-0.05, 0) is 48.4 Å². The molecule has 4 aromatic rings. The fraction of sp³-hybridized carbons (Fsp3) is 0.367. The number of ether oxygens (including phenoxy) is 1. The number of para-hydroxylation sites is 1. The van der Waals surface area contributed by atoms with E-state index in [1.165, 1.54) is 27.8 Å². The molecule has 1 unspecified atom stereocenters. The quantitative estimate of drug-likeness (QED) is 0.359. The SMILES string of the molecule is COc1ccccc1C(=O)N1CCN(c2nc(Cc3ccccc3)nc3sc4c(c23)CCC(C)C4)CC1. The zero-order valence-electron chi connectivity index (χ0n) is 21.4. The first-order chi connectivity index (χ1) is 18.1. The van der Waals surface area contributed by atoms with E-state index in [0.29, 0.717) is 30.3 Å². The van der Waals surface area contributed by atoms with Crippen molar-refractivity contribution in [2.45, 2.75) is 32.6 Å². The van der Waals surface area contributed by atoms with E-state index in [9.17, 15) is 4.79 Å². The number of carbonyl (C=O) groups excluding carboxylic acids is 1. The van der Waals surface area contributed by atoms with E-state index in [2.05, 4.69) is 36.1 Å². The number of carbonyl (C=O) groups is 1. The van der Waals surface area contributed by atoms with Gasteiger partial charge in [-0.1, -0.05) is 49.4 Å². The Balaban J connectivity index is 1.31. The largest absolute Gasteiger partial charge is 0.496 e. The lowest BCUT2D eigenvalue weighted by molar-refractivity contribution is 0.0743. The Kier molecular flexibility index (Phi) is 6.55. The van der Waals surface area contributed by atoms with Crippen molar-refractivity contribution < 1.29 is 9.53 Å². The van der Waals surface area contributed by atoms with Crippen molar-refractivity contribution in [2.75, 3.05) is 38.2 Å². The van der Waals surface area contributed by atoms with Crippen molar-refractivity contribution in [2.24, 2.45) is 5.92 Å². The van der Waals surface area contributed by atoms with Crippen molar-refractivity contribution in [1.29, 1.82) is 0 Å². The van der Waals surface area contributed by atoms with Crippen LogP contribution in [0.25, 0.3) is 10.2 Å². The van der Waals surface area contributed by atoms with Crippen molar-refractivity contribution in [3.05, 3.63) is 82.0 Å². The Bertz CT molecular complexity index is 1430. The molecule has 2 aromatic carbocycles. The number of hydrogen-bond donors (Lipinski definition) is 0. The summed E-state index contributed by atoms with van der Waals surface area (Å²) in [6, 6.07) is 17.9. The topological polar surface area (TPSA) is 58.6 Å². The first kappa shape index (κ1) is 23.9. The number of aromatic nitrogens is 2. The van der Waals surface area contributed by atoms with Crippen LogP contribution in [0.1, 0.15) is 45.5 Å². The highest BCUT2D eigenvalue weighted by Gasteiger charge is 2.29. The Morgan fingerprint density at radius 3 is 2.57 bits per heavy atom. The average Bonchev–Trinajstić information content (AvgIpc) is 3.30. The second-order valence-corrected chi connectivity index (χ2v) is 11.2. The maximum atomic E-state index is 13.3. The molecule has 0 saturated carbocycles. The summed E-state index contributed by atoms with van der Waals surface area (Å²) in [5, 5.41) is 1.24. The molecule has 1 saturated heterocycles. The monoisotopic (exact) mass is 512 g/mol. The lowest BCUT2D eigenvalue weighted by Crippen LogP contribution is -2.49. The third-order valence-corrected chi connectivity index (χ3v) is 8.74. The molecular weight excluding hydrogens is 480 g/mol. The highest BCUT2D eigenvalue weighted by molar-refractivity contribution is 7.19. The molecule has 1 aliphatic heterocycles. The summed E-state index contributed by atoms with van der Waals surface area (Å²) in [7, 11) is 1.61. The van der Waals surface area contributed by atoms with Gasteiger partial charge < -0.3 is 14.5 Å². The number of fused-ring (bicyclic) bond motifs is 3. The number of methoxy groups -OCH3 is 1. The van der Waals surface area contributed by atoms with Gasteiger partial charge in [0.15, 0.2) is 0 Å². The Morgan fingerprint density at radius 1 is 1.03 bits per heavy atom. The molecule has 190 valence electrons. The normalized spacial score (nSPS) is 17.6. The summed E-state index contributed by atoms with van der Waals surface area (Å²) in [4.78, 5) is 30.4. The van der Waals surface area contributed by atoms with Gasteiger partial charge in [-0.3, -0.25) is 4.79 Å². The molecule has 6 nitrogen and oxygen atoms in total. The molecule has 1 fully saturated rings. The summed E-state index contributed by atoms with van der Waals surface area (Å²) in [6.45, 7) is 5.15. The van der Waals surface area contributed by atoms with Gasteiger partial charge in [0.1, 0.15) is 22.2 Å². The van der Waals surface area contributed by atoms with E-state index in [-0.39, 0.29) is 5.91 Å². The van der Waals surface area contributed by atoms with Crippen LogP contribution in [0, 0.1) is 5.92 Å². The zero-order valence-corrected chi connectivity index (χ0v) is 22.3. The van der Waals surface area contributed by atoms with Crippen LogP contribution in [0.3, 0.4) is 0 Å². The number of benzene rings is 2. The number of thiophene rings is 1. The van der Waals surface area contributed by atoms with Gasteiger partial charge >= 0.3 is 0 Å². The van der Waals surface area contributed by atoms with Crippen LogP contribution in [0.4, 0.5) is 5.82 Å². The first-order valence-corrected chi connectivity index (χ1v) is 13.9. The summed E-state index contributed by atoms with van der Waals surface area (Å²) >= 11 is 1.86. The van der Waals surface area contributed by atoms with Gasteiger partial charge in [0.05, 0.1) is 18.1 Å². The van der Waals surface area contributed by atoms with E-state index in [1.54, 1.807) is 7.11 Å². The Morgan fingerprint density at radius 2 is 1.78 bits per heavy atom. The second-order valence-electron chi connectivity index (χ2n) is 10.1. The van der Waals surface area contributed by atoms with Crippen LogP contribution in [0.15, 0.2) is 54.6 Å². The highest BCUT2D eigenvalue weighted by atomic mass is 32.1. The Hall–Kier alpha value is -3.45. The van der Waals surface area contributed by atoms with Gasteiger partial charge in [0, 0.05) is 37.5 Å². The fourth-order valence-corrected chi connectivity index (χ4v) is 6.96. The number of rotatable bonds is 5. The first-order valence-electron chi connectivity index (χ1n) is 13.1. The molecule has 7 heteroatoms. The highest BCUT2D eigenvalue weighted by Crippen LogP contribution is 2.41. The molecule has 0 bridgehead atoms. The van der Waals surface area contributed by atoms with E-state index in [4.69, 9.17) is 14.7 Å². The summed E-state index contributed by atoms with van der Waals surface area (Å²) < 4.78 is 5.44. The molecule has 0 radical (unpaired) electrons. The van der Waals surface area contributed by atoms with Gasteiger partial charge in [-0.2, -0.15) is 0 Å². The van der Waals surface area contributed by atoms with Crippen molar-refractivity contribution in [3.8, 4) is 5.75 Å². The maximum absolute atomic E-state index is 13.3. The van der Waals surface area contributed by atoms with Crippen LogP contribution in [-0.4, -0.2) is 54.1 Å². The van der Waals surface area contributed by atoms with Crippen LogP contribution < -0.4 is 9.64 Å². The molecule has 2 aromatic heterocycles. The molecule has 1 aliphatic carbocycles. The minimum atomic E-state index is 0.0246. The fourth-order valence-electron chi connectivity index (χ4n) is 5.57. The lowest BCUT2D eigenvalue weighted by Gasteiger charge is -2.36. The van der Waals surface area contributed by atoms with Crippen LogP contribution in [-0.2, 0) is 19.3 Å². The number of aryl methyl sites for hydroxylation is 1. The summed E-state index contributed by atoms with van der Waals surface area (Å²) in [5.74, 6) is 3.28. The van der Waals surface area contributed by atoms with E-state index >= 15 is 0 Å². The average molecular weight is 513 g/mol. The molecule has 37 heavy (non-hydrogen) atoms. The van der Waals surface area contributed by atoms with Crippen molar-refractivity contribution >= 4 is 33.3 Å². The third kappa shape index (κ3) is 4.68. The van der Waals surface area contributed by atoms with Gasteiger partial charge in [0.25, 0.3) is 5.91 Å². The molecule has 2 aliphatic rings.